The number of aromatic nitrogens is 3. The number of nitrogens with one attached hydrogen (secondary N) is 2. The van der Waals surface area contributed by atoms with Crippen LogP contribution in [0.5, 0.6) is 0 Å². The molecule has 0 saturated heterocycles. The normalized spacial score (nSPS) is 10.2. The van der Waals surface area contributed by atoms with E-state index >= 15 is 0 Å². The van der Waals surface area contributed by atoms with Crippen molar-refractivity contribution in [2.75, 3.05) is 5.32 Å². The number of nitrogens with zero attached hydrogens (tertiary/aromatic N) is 2. The molecule has 0 aliphatic carbocycles. The van der Waals surface area contributed by atoms with Gasteiger partial charge in [0.15, 0.2) is 0 Å². The Morgan fingerprint density at radius 2 is 2.16 bits per heavy atom. The smallest absolute Gasteiger partial charge is 0.335 e. The quantitative estimate of drug-likeness (QED) is 0.798. The number of anilines is 1. The van der Waals surface area contributed by atoms with Gasteiger partial charge in [0, 0.05) is 4.47 Å². The van der Waals surface area contributed by atoms with Crippen molar-refractivity contribution in [1.82, 2.24) is 15.2 Å². The predicted octanol–water partition coefficient (Wildman–Crippen LogP) is 1.83. The lowest BCUT2D eigenvalue weighted by molar-refractivity contribution is 0.0696. The highest BCUT2D eigenvalue weighted by Gasteiger charge is 2.14. The molecular weight excluding hydrogens is 316 g/mol. The number of aromatic amines is 1. The third-order valence-electron chi connectivity index (χ3n) is 2.26. The van der Waals surface area contributed by atoms with Crippen LogP contribution >= 0.6 is 15.9 Å². The molecule has 0 spiro atoms. The fraction of sp³-hybridized carbons (Fsp3) is 0.0909. The van der Waals surface area contributed by atoms with Crippen LogP contribution in [0.1, 0.15) is 26.8 Å². The molecule has 0 radical (unpaired) electrons. The number of rotatable bonds is 3. The summed E-state index contributed by atoms with van der Waals surface area (Å²) in [7, 11) is 0. The zero-order valence-electron chi connectivity index (χ0n) is 9.77. The van der Waals surface area contributed by atoms with Gasteiger partial charge in [-0.3, -0.25) is 9.89 Å². The van der Waals surface area contributed by atoms with Crippen LogP contribution < -0.4 is 5.32 Å². The van der Waals surface area contributed by atoms with Gasteiger partial charge in [-0.2, -0.15) is 0 Å². The Labute approximate surface area is 116 Å². The number of amides is 1. The maximum Gasteiger partial charge on any atom is 0.335 e. The molecule has 1 aromatic carbocycles. The van der Waals surface area contributed by atoms with Gasteiger partial charge in [-0.15, -0.1) is 5.10 Å². The first-order chi connectivity index (χ1) is 8.97. The Balaban J connectivity index is 2.20. The molecule has 8 heteroatoms. The zero-order valence-corrected chi connectivity index (χ0v) is 11.4. The van der Waals surface area contributed by atoms with Crippen molar-refractivity contribution < 1.29 is 14.7 Å². The number of benzene rings is 1. The molecular formula is C11H9BrN4O3. The molecule has 98 valence electrons. The molecule has 0 fully saturated rings. The Hall–Kier alpha value is -2.22. The second-order valence-corrected chi connectivity index (χ2v) is 4.55. The molecule has 2 aromatic rings. The van der Waals surface area contributed by atoms with E-state index in [9.17, 15) is 9.59 Å². The summed E-state index contributed by atoms with van der Waals surface area (Å²) in [5.74, 6) is -0.964. The van der Waals surface area contributed by atoms with E-state index in [0.717, 1.165) is 0 Å². The van der Waals surface area contributed by atoms with Gasteiger partial charge in [-0.05, 0) is 41.1 Å². The monoisotopic (exact) mass is 324 g/mol. The summed E-state index contributed by atoms with van der Waals surface area (Å²) >= 11 is 3.20. The Kier molecular flexibility index (Phi) is 3.61. The molecule has 0 aliphatic heterocycles. The number of hydrogen-bond donors (Lipinski definition) is 3. The minimum absolute atomic E-state index is 0.0201. The summed E-state index contributed by atoms with van der Waals surface area (Å²) in [6.45, 7) is 1.68. The highest BCUT2D eigenvalue weighted by atomic mass is 79.9. The highest BCUT2D eigenvalue weighted by molar-refractivity contribution is 9.10. The molecule has 0 bridgehead atoms. The number of halogens is 1. The van der Waals surface area contributed by atoms with Crippen LogP contribution in [0.15, 0.2) is 22.7 Å². The van der Waals surface area contributed by atoms with Crippen LogP contribution in [0.3, 0.4) is 0 Å². The van der Waals surface area contributed by atoms with E-state index in [4.69, 9.17) is 5.11 Å². The average molecular weight is 325 g/mol. The Morgan fingerprint density at radius 1 is 1.42 bits per heavy atom. The first kappa shape index (κ1) is 13.2. The number of aryl methyl sites for hydroxylation is 1. The fourth-order valence-corrected chi connectivity index (χ4v) is 1.85. The second-order valence-electron chi connectivity index (χ2n) is 3.70. The lowest BCUT2D eigenvalue weighted by atomic mass is 10.2. The largest absolute Gasteiger partial charge is 0.478 e. The molecule has 1 aromatic heterocycles. The van der Waals surface area contributed by atoms with Crippen molar-refractivity contribution >= 4 is 33.5 Å². The minimum atomic E-state index is -1.04. The van der Waals surface area contributed by atoms with E-state index in [1.165, 1.54) is 18.2 Å². The van der Waals surface area contributed by atoms with Crippen molar-refractivity contribution in [3.63, 3.8) is 0 Å². The summed E-state index contributed by atoms with van der Waals surface area (Å²) in [5.41, 5.74) is 0.566. The number of carbonyl (C=O) groups excluding carboxylic acids is 1. The number of aromatic carboxylic acids is 1. The van der Waals surface area contributed by atoms with Gasteiger partial charge in [-0.25, -0.2) is 9.78 Å². The summed E-state index contributed by atoms with van der Waals surface area (Å²) in [6.07, 6.45) is 0. The first-order valence-electron chi connectivity index (χ1n) is 5.20. The molecule has 2 rings (SSSR count). The number of carboxylic acid groups (broad SMARTS) is 1. The molecule has 0 unspecified atom stereocenters. The molecule has 19 heavy (non-hydrogen) atoms. The molecule has 1 heterocycles. The maximum absolute atomic E-state index is 11.8. The maximum atomic E-state index is 11.8. The Morgan fingerprint density at radius 3 is 2.68 bits per heavy atom. The highest BCUT2D eigenvalue weighted by Crippen LogP contribution is 2.24. The van der Waals surface area contributed by atoms with Crippen LogP contribution in [-0.2, 0) is 0 Å². The van der Waals surface area contributed by atoms with Gasteiger partial charge in [0.25, 0.3) is 5.91 Å². The van der Waals surface area contributed by atoms with Crippen LogP contribution in [0, 0.1) is 6.92 Å². The molecule has 3 N–H and O–H groups in total. The van der Waals surface area contributed by atoms with E-state index in [1.54, 1.807) is 6.92 Å². The standard InChI is InChI=1S/C11H9BrN4O3/c1-5-13-9(16-15-5)10(17)14-8-3-2-6(11(18)19)4-7(8)12/h2-4H,1H3,(H,14,17)(H,18,19)(H,13,15,16). The van der Waals surface area contributed by atoms with E-state index in [-0.39, 0.29) is 11.4 Å². The zero-order chi connectivity index (χ0) is 14.0. The van der Waals surface area contributed by atoms with Crippen molar-refractivity contribution in [3.8, 4) is 0 Å². The van der Waals surface area contributed by atoms with Gasteiger partial charge in [0.2, 0.25) is 5.82 Å². The van der Waals surface area contributed by atoms with Gasteiger partial charge < -0.3 is 10.4 Å². The Bertz CT molecular complexity index is 653. The van der Waals surface area contributed by atoms with E-state index in [0.29, 0.717) is 16.0 Å². The summed E-state index contributed by atoms with van der Waals surface area (Å²) in [4.78, 5) is 26.5. The number of hydrogen-bond acceptors (Lipinski definition) is 4. The van der Waals surface area contributed by atoms with Crippen LogP contribution in [0.2, 0.25) is 0 Å². The lowest BCUT2D eigenvalue weighted by Gasteiger charge is -2.06. The van der Waals surface area contributed by atoms with Crippen LogP contribution in [-0.4, -0.2) is 32.2 Å². The first-order valence-corrected chi connectivity index (χ1v) is 6.00. The number of H-pyrrole nitrogens is 1. The SMILES string of the molecule is Cc1nc(C(=O)Nc2ccc(C(=O)O)cc2Br)n[nH]1. The van der Waals surface area contributed by atoms with Gasteiger partial charge >= 0.3 is 5.97 Å². The van der Waals surface area contributed by atoms with Crippen LogP contribution in [0.4, 0.5) is 5.69 Å². The van der Waals surface area contributed by atoms with Crippen molar-refractivity contribution in [2.24, 2.45) is 0 Å². The van der Waals surface area contributed by atoms with Crippen LogP contribution in [0.25, 0.3) is 0 Å². The third-order valence-corrected chi connectivity index (χ3v) is 2.92. The summed E-state index contributed by atoms with van der Waals surface area (Å²) < 4.78 is 0.466. The topological polar surface area (TPSA) is 108 Å². The van der Waals surface area contributed by atoms with Gasteiger partial charge in [-0.1, -0.05) is 0 Å². The van der Waals surface area contributed by atoms with Crippen molar-refractivity contribution in [2.45, 2.75) is 6.92 Å². The molecule has 0 saturated carbocycles. The predicted molar refractivity (Wildman–Crippen MR) is 70.2 cm³/mol. The van der Waals surface area contributed by atoms with Crippen molar-refractivity contribution in [3.05, 3.63) is 39.9 Å². The third kappa shape index (κ3) is 2.97. The number of carboxylic acids is 1. The van der Waals surface area contributed by atoms with E-state index in [2.05, 4.69) is 36.4 Å². The van der Waals surface area contributed by atoms with Gasteiger partial charge in [0.1, 0.15) is 5.82 Å². The molecule has 1 amide bonds. The van der Waals surface area contributed by atoms with E-state index < -0.39 is 11.9 Å². The second kappa shape index (κ2) is 5.19. The molecule has 0 atom stereocenters. The average Bonchev–Trinajstić information content (AvgIpc) is 2.78. The van der Waals surface area contributed by atoms with Crippen molar-refractivity contribution in [1.29, 1.82) is 0 Å². The lowest BCUT2D eigenvalue weighted by Crippen LogP contribution is -2.14. The van der Waals surface area contributed by atoms with Gasteiger partial charge in [0.05, 0.1) is 11.3 Å². The van der Waals surface area contributed by atoms with E-state index in [1.807, 2.05) is 0 Å². The summed E-state index contributed by atoms with van der Waals surface area (Å²) in [6, 6.07) is 4.29. The molecule has 7 nitrogen and oxygen atoms in total. The number of carbonyl (C=O) groups is 2. The molecule has 0 aliphatic rings. The summed E-state index contributed by atoms with van der Waals surface area (Å²) in [5, 5.41) is 17.7. The fourth-order valence-electron chi connectivity index (χ4n) is 1.37. The minimum Gasteiger partial charge on any atom is -0.478 e.